The lowest BCUT2D eigenvalue weighted by Crippen LogP contribution is -2.25. The average molecular weight is 330 g/mol. The van der Waals surface area contributed by atoms with E-state index >= 15 is 0 Å². The van der Waals surface area contributed by atoms with Crippen molar-refractivity contribution in [3.05, 3.63) is 24.3 Å². The van der Waals surface area contributed by atoms with Gasteiger partial charge in [-0.3, -0.25) is 4.79 Å². The van der Waals surface area contributed by atoms with Crippen molar-refractivity contribution >= 4 is 5.97 Å². The number of carbonyl (C=O) groups excluding carboxylic acids is 1. The van der Waals surface area contributed by atoms with Gasteiger partial charge in [-0.2, -0.15) is 0 Å². The molecular formula is C17H21F3O3. The smallest absolute Gasteiger partial charge is 0.426 e. The summed E-state index contributed by atoms with van der Waals surface area (Å²) in [4.78, 5) is 12.1. The van der Waals surface area contributed by atoms with E-state index in [1.165, 1.54) is 18.6 Å². The molecule has 0 bridgehead atoms. The van der Waals surface area contributed by atoms with Crippen molar-refractivity contribution in [3.63, 3.8) is 0 Å². The standard InChI is InChI=1S/C17H21F3O3/c1-2-3-12-4-6-13(7-5-12)16(21)22-14-8-10-15(11-9-14)23-17(18,19)20/h8-13H,2-7H2,1H3/t12-,13-. The molecule has 128 valence electrons. The summed E-state index contributed by atoms with van der Waals surface area (Å²) < 4.78 is 45.3. The van der Waals surface area contributed by atoms with Gasteiger partial charge in [-0.15, -0.1) is 13.2 Å². The van der Waals surface area contributed by atoms with Crippen molar-refractivity contribution in [1.29, 1.82) is 0 Å². The highest BCUT2D eigenvalue weighted by atomic mass is 19.4. The highest BCUT2D eigenvalue weighted by Gasteiger charge is 2.31. The van der Waals surface area contributed by atoms with Crippen molar-refractivity contribution in [1.82, 2.24) is 0 Å². The summed E-state index contributed by atoms with van der Waals surface area (Å²) in [5.41, 5.74) is 0. The zero-order valence-corrected chi connectivity index (χ0v) is 13.1. The molecule has 1 aromatic carbocycles. The SMILES string of the molecule is CCC[C@H]1CC[C@H](C(=O)Oc2ccc(OC(F)(F)F)cc2)CC1. The van der Waals surface area contributed by atoms with Crippen LogP contribution in [-0.4, -0.2) is 12.3 Å². The van der Waals surface area contributed by atoms with E-state index in [1.807, 2.05) is 0 Å². The number of esters is 1. The van der Waals surface area contributed by atoms with E-state index in [4.69, 9.17) is 4.74 Å². The molecule has 6 heteroatoms. The van der Waals surface area contributed by atoms with Crippen LogP contribution in [0.2, 0.25) is 0 Å². The second-order valence-corrected chi connectivity index (χ2v) is 5.95. The Kier molecular flexibility index (Phi) is 5.91. The summed E-state index contributed by atoms with van der Waals surface area (Å²) in [6.07, 6.45) is 1.33. The number of benzene rings is 1. The lowest BCUT2D eigenvalue weighted by molar-refractivity contribution is -0.274. The van der Waals surface area contributed by atoms with Gasteiger partial charge in [0.2, 0.25) is 0 Å². The van der Waals surface area contributed by atoms with Gasteiger partial charge < -0.3 is 9.47 Å². The molecule has 0 aromatic heterocycles. The molecule has 23 heavy (non-hydrogen) atoms. The Hall–Kier alpha value is -1.72. The number of alkyl halides is 3. The van der Waals surface area contributed by atoms with Crippen LogP contribution in [0.5, 0.6) is 11.5 Å². The van der Waals surface area contributed by atoms with Gasteiger partial charge >= 0.3 is 12.3 Å². The molecule has 0 radical (unpaired) electrons. The third-order valence-electron chi connectivity index (χ3n) is 4.15. The summed E-state index contributed by atoms with van der Waals surface area (Å²) in [6.45, 7) is 2.16. The van der Waals surface area contributed by atoms with Gasteiger partial charge in [-0.05, 0) is 55.9 Å². The monoisotopic (exact) mass is 330 g/mol. The maximum absolute atomic E-state index is 12.1. The first kappa shape index (κ1) is 17.6. The van der Waals surface area contributed by atoms with Gasteiger partial charge in [0.25, 0.3) is 0 Å². The van der Waals surface area contributed by atoms with Crippen molar-refractivity contribution in [2.75, 3.05) is 0 Å². The lowest BCUT2D eigenvalue weighted by Gasteiger charge is -2.26. The van der Waals surface area contributed by atoms with Crippen LogP contribution >= 0.6 is 0 Å². The first-order valence-electron chi connectivity index (χ1n) is 7.95. The van der Waals surface area contributed by atoms with Crippen LogP contribution in [0, 0.1) is 11.8 Å². The van der Waals surface area contributed by atoms with E-state index in [0.717, 1.165) is 44.2 Å². The van der Waals surface area contributed by atoms with Gasteiger partial charge in [-0.25, -0.2) is 0 Å². The van der Waals surface area contributed by atoms with Gasteiger partial charge in [-0.1, -0.05) is 19.8 Å². The van der Waals surface area contributed by atoms with Crippen LogP contribution in [0.15, 0.2) is 24.3 Å². The third kappa shape index (κ3) is 5.77. The van der Waals surface area contributed by atoms with Crippen molar-refractivity contribution in [2.45, 2.75) is 51.8 Å². The number of carbonyl (C=O) groups is 1. The predicted octanol–water partition coefficient (Wildman–Crippen LogP) is 5.10. The second kappa shape index (κ2) is 7.70. The Bertz CT molecular complexity index is 503. The maximum atomic E-state index is 12.1. The topological polar surface area (TPSA) is 35.5 Å². The van der Waals surface area contributed by atoms with Gasteiger partial charge in [0.1, 0.15) is 11.5 Å². The Balaban J connectivity index is 1.84. The summed E-state index contributed by atoms with van der Waals surface area (Å²) >= 11 is 0. The van der Waals surface area contributed by atoms with Crippen LogP contribution in [0.4, 0.5) is 13.2 Å². The molecular weight excluding hydrogens is 309 g/mol. The molecule has 3 nitrogen and oxygen atoms in total. The number of halogens is 3. The van der Waals surface area contributed by atoms with Crippen LogP contribution in [0.1, 0.15) is 45.4 Å². The van der Waals surface area contributed by atoms with E-state index in [-0.39, 0.29) is 23.4 Å². The number of ether oxygens (including phenoxy) is 2. The summed E-state index contributed by atoms with van der Waals surface area (Å²) in [6, 6.07) is 4.88. The summed E-state index contributed by atoms with van der Waals surface area (Å²) in [5, 5.41) is 0. The Morgan fingerprint density at radius 2 is 1.65 bits per heavy atom. The first-order chi connectivity index (χ1) is 10.9. The molecule has 0 amide bonds. The van der Waals surface area contributed by atoms with Crippen molar-refractivity contribution < 1.29 is 27.4 Å². The number of hydrogen-bond acceptors (Lipinski definition) is 3. The zero-order valence-electron chi connectivity index (χ0n) is 13.1. The molecule has 1 aliphatic rings. The fourth-order valence-corrected chi connectivity index (χ4v) is 3.00. The first-order valence-corrected chi connectivity index (χ1v) is 7.95. The molecule has 0 unspecified atom stereocenters. The molecule has 1 aliphatic carbocycles. The van der Waals surface area contributed by atoms with E-state index in [9.17, 15) is 18.0 Å². The molecule has 1 fully saturated rings. The highest BCUT2D eigenvalue weighted by molar-refractivity contribution is 5.75. The predicted molar refractivity (Wildman–Crippen MR) is 79.1 cm³/mol. The van der Waals surface area contributed by atoms with E-state index < -0.39 is 6.36 Å². The minimum absolute atomic E-state index is 0.116. The largest absolute Gasteiger partial charge is 0.573 e. The molecule has 0 saturated heterocycles. The maximum Gasteiger partial charge on any atom is 0.573 e. The zero-order chi connectivity index (χ0) is 16.9. The van der Waals surface area contributed by atoms with Crippen molar-refractivity contribution in [2.24, 2.45) is 11.8 Å². The van der Waals surface area contributed by atoms with Crippen LogP contribution < -0.4 is 9.47 Å². The summed E-state index contributed by atoms with van der Waals surface area (Å²) in [5.74, 6) is 0.180. The average Bonchev–Trinajstić information content (AvgIpc) is 2.49. The molecule has 0 aliphatic heterocycles. The fourth-order valence-electron chi connectivity index (χ4n) is 3.00. The molecule has 1 aromatic rings. The lowest BCUT2D eigenvalue weighted by atomic mass is 9.80. The Morgan fingerprint density at radius 3 is 2.17 bits per heavy atom. The van der Waals surface area contributed by atoms with Crippen LogP contribution in [0.25, 0.3) is 0 Å². The third-order valence-corrected chi connectivity index (χ3v) is 4.15. The van der Waals surface area contributed by atoms with Gasteiger partial charge in [0.15, 0.2) is 0 Å². The Morgan fingerprint density at radius 1 is 1.09 bits per heavy atom. The molecule has 0 spiro atoms. The molecule has 1 saturated carbocycles. The highest BCUT2D eigenvalue weighted by Crippen LogP contribution is 2.32. The van der Waals surface area contributed by atoms with Gasteiger partial charge in [0.05, 0.1) is 5.92 Å². The van der Waals surface area contributed by atoms with Crippen molar-refractivity contribution in [3.8, 4) is 11.5 Å². The molecule has 0 heterocycles. The van der Waals surface area contributed by atoms with E-state index in [0.29, 0.717) is 5.92 Å². The van der Waals surface area contributed by atoms with Gasteiger partial charge in [0, 0.05) is 0 Å². The summed E-state index contributed by atoms with van der Waals surface area (Å²) in [7, 11) is 0. The second-order valence-electron chi connectivity index (χ2n) is 5.95. The van der Waals surface area contributed by atoms with Crippen LogP contribution in [-0.2, 0) is 4.79 Å². The molecule has 0 N–H and O–H groups in total. The fraction of sp³-hybridized carbons (Fsp3) is 0.588. The minimum Gasteiger partial charge on any atom is -0.426 e. The molecule has 0 atom stereocenters. The van der Waals surface area contributed by atoms with E-state index in [1.54, 1.807) is 0 Å². The molecule has 2 rings (SSSR count). The van der Waals surface area contributed by atoms with E-state index in [2.05, 4.69) is 11.7 Å². The number of rotatable bonds is 5. The quantitative estimate of drug-likeness (QED) is 0.557. The number of hydrogen-bond donors (Lipinski definition) is 0. The van der Waals surface area contributed by atoms with Crippen LogP contribution in [0.3, 0.4) is 0 Å². The Labute approximate surface area is 133 Å². The minimum atomic E-state index is -4.73. The normalized spacial score (nSPS) is 21.7.